The molecule has 0 aliphatic rings. The van der Waals surface area contributed by atoms with Gasteiger partial charge in [-0.2, -0.15) is 0 Å². The molecule has 7 heteroatoms. The number of nitrogens with one attached hydrogen (secondary N) is 1. The molecule has 0 spiro atoms. The number of carboxylic acid groups (broad SMARTS) is 1. The standard InChI is InChI=1S/C12H18N2O4S/c13-7-4-8-19(17,18)14-11(12(15)16)9-10-5-2-1-3-6-10/h1-3,5-6,11,14H,4,7-9,13H2,(H,15,16). The van der Waals surface area contributed by atoms with Crippen molar-refractivity contribution in [3.8, 4) is 0 Å². The minimum Gasteiger partial charge on any atom is -0.480 e. The summed E-state index contributed by atoms with van der Waals surface area (Å²) < 4.78 is 25.5. The molecular weight excluding hydrogens is 268 g/mol. The van der Waals surface area contributed by atoms with Gasteiger partial charge in [0.2, 0.25) is 10.0 Å². The number of rotatable bonds is 8. The second-order valence-electron chi connectivity index (χ2n) is 4.16. The normalized spacial score (nSPS) is 13.1. The maximum absolute atomic E-state index is 11.7. The molecule has 1 aromatic carbocycles. The molecule has 4 N–H and O–H groups in total. The van der Waals surface area contributed by atoms with E-state index in [1.54, 1.807) is 24.3 Å². The number of hydrogen-bond donors (Lipinski definition) is 3. The van der Waals surface area contributed by atoms with Crippen molar-refractivity contribution in [3.63, 3.8) is 0 Å². The average Bonchev–Trinajstić information content (AvgIpc) is 2.36. The summed E-state index contributed by atoms with van der Waals surface area (Å²) in [5.41, 5.74) is 6.00. The monoisotopic (exact) mass is 286 g/mol. The number of sulfonamides is 1. The Morgan fingerprint density at radius 3 is 2.47 bits per heavy atom. The summed E-state index contributed by atoms with van der Waals surface area (Å²) in [6, 6.07) is 7.71. The van der Waals surface area contributed by atoms with E-state index in [1.807, 2.05) is 6.07 Å². The summed E-state index contributed by atoms with van der Waals surface area (Å²) in [5.74, 6) is -1.36. The highest BCUT2D eigenvalue weighted by atomic mass is 32.2. The lowest BCUT2D eigenvalue weighted by Crippen LogP contribution is -2.43. The molecule has 0 radical (unpaired) electrons. The van der Waals surface area contributed by atoms with Crippen molar-refractivity contribution < 1.29 is 18.3 Å². The number of carboxylic acids is 1. The van der Waals surface area contributed by atoms with Crippen molar-refractivity contribution in [2.24, 2.45) is 5.73 Å². The highest BCUT2D eigenvalue weighted by molar-refractivity contribution is 7.89. The molecule has 0 aliphatic carbocycles. The van der Waals surface area contributed by atoms with E-state index < -0.39 is 22.0 Å². The number of benzene rings is 1. The van der Waals surface area contributed by atoms with Crippen LogP contribution in [0.4, 0.5) is 0 Å². The Bertz CT molecular complexity index is 502. The summed E-state index contributed by atoms with van der Waals surface area (Å²) in [6.07, 6.45) is 0.408. The molecule has 106 valence electrons. The van der Waals surface area contributed by atoms with Crippen LogP contribution in [-0.4, -0.2) is 37.8 Å². The number of hydrogen-bond acceptors (Lipinski definition) is 4. The van der Waals surface area contributed by atoms with Gasteiger partial charge in [0.15, 0.2) is 0 Å². The van der Waals surface area contributed by atoms with Gasteiger partial charge in [-0.1, -0.05) is 30.3 Å². The average molecular weight is 286 g/mol. The van der Waals surface area contributed by atoms with E-state index in [0.29, 0.717) is 6.42 Å². The van der Waals surface area contributed by atoms with Gasteiger partial charge in [0.1, 0.15) is 6.04 Å². The molecule has 0 saturated heterocycles. The summed E-state index contributed by atoms with van der Waals surface area (Å²) in [6.45, 7) is 0.247. The molecule has 0 amide bonds. The summed E-state index contributed by atoms with van der Waals surface area (Å²) in [4.78, 5) is 11.1. The lowest BCUT2D eigenvalue weighted by molar-refractivity contribution is -0.138. The Balaban J connectivity index is 2.71. The molecule has 0 saturated carbocycles. The predicted octanol–water partition coefficient (Wildman–Crippen LogP) is -0.0495. The van der Waals surface area contributed by atoms with Crippen LogP contribution in [0.3, 0.4) is 0 Å². The van der Waals surface area contributed by atoms with Crippen LogP contribution >= 0.6 is 0 Å². The Morgan fingerprint density at radius 2 is 1.95 bits per heavy atom. The molecule has 6 nitrogen and oxygen atoms in total. The lowest BCUT2D eigenvalue weighted by atomic mass is 10.1. The number of carbonyl (C=O) groups is 1. The van der Waals surface area contributed by atoms with Crippen molar-refractivity contribution in [1.29, 1.82) is 0 Å². The molecule has 19 heavy (non-hydrogen) atoms. The molecular formula is C12H18N2O4S. The highest BCUT2D eigenvalue weighted by Crippen LogP contribution is 2.05. The quantitative estimate of drug-likeness (QED) is 0.620. The third-order valence-corrected chi connectivity index (χ3v) is 3.99. The summed E-state index contributed by atoms with van der Waals surface area (Å²) in [7, 11) is -3.62. The lowest BCUT2D eigenvalue weighted by Gasteiger charge is -2.14. The van der Waals surface area contributed by atoms with Crippen molar-refractivity contribution in [1.82, 2.24) is 4.72 Å². The molecule has 0 aromatic heterocycles. The molecule has 1 aromatic rings. The smallest absolute Gasteiger partial charge is 0.322 e. The van der Waals surface area contributed by atoms with Gasteiger partial charge in [0.25, 0.3) is 0 Å². The van der Waals surface area contributed by atoms with Gasteiger partial charge < -0.3 is 10.8 Å². The summed E-state index contributed by atoms with van der Waals surface area (Å²) >= 11 is 0. The SMILES string of the molecule is NCCCS(=O)(=O)NC(Cc1ccccc1)C(=O)O. The van der Waals surface area contributed by atoms with Gasteiger partial charge in [0, 0.05) is 0 Å². The number of nitrogens with two attached hydrogens (primary N) is 1. The van der Waals surface area contributed by atoms with Gasteiger partial charge in [-0.25, -0.2) is 13.1 Å². The van der Waals surface area contributed by atoms with Crippen molar-refractivity contribution >= 4 is 16.0 Å². The molecule has 0 heterocycles. The first-order chi connectivity index (χ1) is 8.94. The zero-order valence-electron chi connectivity index (χ0n) is 10.5. The van der Waals surface area contributed by atoms with Gasteiger partial charge >= 0.3 is 5.97 Å². The fourth-order valence-corrected chi connectivity index (χ4v) is 2.86. The zero-order valence-corrected chi connectivity index (χ0v) is 11.3. The van der Waals surface area contributed by atoms with Crippen LogP contribution in [0.2, 0.25) is 0 Å². The van der Waals surface area contributed by atoms with E-state index in [4.69, 9.17) is 10.8 Å². The molecule has 1 unspecified atom stereocenters. The first-order valence-corrected chi connectivity index (χ1v) is 7.56. The van der Waals surface area contributed by atoms with Gasteiger partial charge in [0.05, 0.1) is 5.75 Å². The van der Waals surface area contributed by atoms with Crippen LogP contribution in [-0.2, 0) is 21.2 Å². The van der Waals surface area contributed by atoms with E-state index in [1.165, 1.54) is 0 Å². The second-order valence-corrected chi connectivity index (χ2v) is 6.03. The zero-order chi connectivity index (χ0) is 14.3. The predicted molar refractivity (Wildman–Crippen MR) is 72.2 cm³/mol. The Morgan fingerprint density at radius 1 is 1.32 bits per heavy atom. The van der Waals surface area contributed by atoms with E-state index in [9.17, 15) is 13.2 Å². The molecule has 0 fully saturated rings. The van der Waals surface area contributed by atoms with Gasteiger partial charge in [-0.05, 0) is 24.9 Å². The second kappa shape index (κ2) is 7.22. The largest absolute Gasteiger partial charge is 0.480 e. The fourth-order valence-electron chi connectivity index (χ4n) is 1.58. The first kappa shape index (κ1) is 15.6. The van der Waals surface area contributed by atoms with Crippen molar-refractivity contribution in [2.75, 3.05) is 12.3 Å². The molecule has 1 rings (SSSR count). The van der Waals surface area contributed by atoms with E-state index in [2.05, 4.69) is 4.72 Å². The minimum absolute atomic E-state index is 0.109. The van der Waals surface area contributed by atoms with Gasteiger partial charge in [-0.15, -0.1) is 0 Å². The van der Waals surface area contributed by atoms with E-state index >= 15 is 0 Å². The van der Waals surface area contributed by atoms with Crippen LogP contribution in [0.15, 0.2) is 30.3 Å². The van der Waals surface area contributed by atoms with E-state index in [0.717, 1.165) is 5.56 Å². The van der Waals surface area contributed by atoms with E-state index in [-0.39, 0.29) is 18.7 Å². The minimum atomic E-state index is -3.62. The number of aliphatic carboxylic acids is 1. The molecule has 1 atom stereocenters. The third-order valence-electron chi connectivity index (χ3n) is 2.52. The fraction of sp³-hybridized carbons (Fsp3) is 0.417. The van der Waals surface area contributed by atoms with Crippen molar-refractivity contribution in [3.05, 3.63) is 35.9 Å². The Hall–Kier alpha value is -1.44. The first-order valence-electron chi connectivity index (χ1n) is 5.91. The Kier molecular flexibility index (Phi) is 5.94. The van der Waals surface area contributed by atoms with Crippen molar-refractivity contribution in [2.45, 2.75) is 18.9 Å². The van der Waals surface area contributed by atoms with Crippen LogP contribution in [0.25, 0.3) is 0 Å². The maximum atomic E-state index is 11.7. The Labute approximate surface area is 112 Å². The topological polar surface area (TPSA) is 109 Å². The molecule has 0 aliphatic heterocycles. The molecule has 0 bridgehead atoms. The van der Waals surface area contributed by atoms with Crippen LogP contribution in [0.5, 0.6) is 0 Å². The third kappa shape index (κ3) is 5.82. The summed E-state index contributed by atoms with van der Waals surface area (Å²) in [5, 5.41) is 9.07. The highest BCUT2D eigenvalue weighted by Gasteiger charge is 2.23. The van der Waals surface area contributed by atoms with Crippen LogP contribution in [0.1, 0.15) is 12.0 Å². The van der Waals surface area contributed by atoms with Crippen LogP contribution < -0.4 is 10.5 Å². The van der Waals surface area contributed by atoms with Gasteiger partial charge in [-0.3, -0.25) is 4.79 Å². The maximum Gasteiger partial charge on any atom is 0.322 e. The van der Waals surface area contributed by atoms with Crippen LogP contribution in [0, 0.1) is 0 Å².